The Bertz CT molecular complexity index is 134. The molecule has 14 heavy (non-hydrogen) atoms. The second-order valence-electron chi connectivity index (χ2n) is 3.88. The van der Waals surface area contributed by atoms with Crippen molar-refractivity contribution in [2.75, 3.05) is 0 Å². The summed E-state index contributed by atoms with van der Waals surface area (Å²) in [7, 11) is 0. The van der Waals surface area contributed by atoms with Crippen LogP contribution in [0.4, 0.5) is 0 Å². The zero-order valence-corrected chi connectivity index (χ0v) is 9.28. The molecule has 0 aliphatic heterocycles. The molecule has 1 atom stereocenters. The lowest BCUT2D eigenvalue weighted by Crippen LogP contribution is -2.44. The first-order valence-electron chi connectivity index (χ1n) is 5.57. The Morgan fingerprint density at radius 3 is 2.07 bits per heavy atom. The first-order valence-corrected chi connectivity index (χ1v) is 5.57. The maximum absolute atomic E-state index is 10.9. The molecule has 0 fully saturated rings. The van der Waals surface area contributed by atoms with Crippen LogP contribution in [0.5, 0.6) is 0 Å². The zero-order chi connectivity index (χ0) is 11.0. The first kappa shape index (κ1) is 13.8. The van der Waals surface area contributed by atoms with Gasteiger partial charge in [0.1, 0.15) is 0 Å². The molecule has 0 bridgehead atoms. The minimum absolute atomic E-state index is 0.572. The van der Waals surface area contributed by atoms with Gasteiger partial charge in [-0.3, -0.25) is 0 Å². The third kappa shape index (κ3) is 6.32. The molecule has 1 unspecified atom stereocenters. The molecule has 0 aliphatic rings. The maximum atomic E-state index is 10.9. The van der Waals surface area contributed by atoms with E-state index >= 15 is 0 Å². The van der Waals surface area contributed by atoms with E-state index in [1.165, 1.54) is 0 Å². The molecule has 2 N–H and O–H groups in total. The molecule has 0 saturated carbocycles. The lowest BCUT2D eigenvalue weighted by Gasteiger charge is -2.32. The van der Waals surface area contributed by atoms with Crippen LogP contribution in [0.1, 0.15) is 58.8 Å². The molecular weight excluding hydrogens is 182 g/mol. The minimum atomic E-state index is -2.11. The van der Waals surface area contributed by atoms with Gasteiger partial charge in [-0.2, -0.15) is 10.4 Å². The van der Waals surface area contributed by atoms with Gasteiger partial charge in [-0.25, -0.2) is 0 Å². The van der Waals surface area contributed by atoms with Crippen LogP contribution in [0.3, 0.4) is 0 Å². The van der Waals surface area contributed by atoms with Crippen molar-refractivity contribution in [2.24, 2.45) is 0 Å². The molecule has 86 valence electrons. The average molecular weight is 205 g/mol. The van der Waals surface area contributed by atoms with Gasteiger partial charge >= 0.3 is 0 Å². The van der Waals surface area contributed by atoms with Crippen LogP contribution in [0.2, 0.25) is 0 Å². The minimum Gasteiger partial charge on any atom is -0.564 e. The Balaban J connectivity index is 3.74. The van der Waals surface area contributed by atoms with E-state index < -0.39 is 11.0 Å². The topological polar surface area (TPSA) is 63.5 Å². The Kier molecular flexibility index (Phi) is 7.09. The van der Waals surface area contributed by atoms with Gasteiger partial charge in [0, 0.05) is 12.8 Å². The van der Waals surface area contributed by atoms with Crippen molar-refractivity contribution < 1.29 is 15.4 Å². The van der Waals surface area contributed by atoms with Gasteiger partial charge in [0.2, 0.25) is 0 Å². The summed E-state index contributed by atoms with van der Waals surface area (Å²) in [6.45, 7) is 4.06. The normalized spacial score (nSPS) is 14.4. The van der Waals surface area contributed by atoms with E-state index in [4.69, 9.17) is 10.4 Å². The Morgan fingerprint density at radius 1 is 1.00 bits per heavy atom. The third-order valence-electron chi connectivity index (χ3n) is 2.49. The van der Waals surface area contributed by atoms with E-state index in [-0.39, 0.29) is 0 Å². The largest absolute Gasteiger partial charge is 0.564 e. The lowest BCUT2D eigenvalue weighted by atomic mass is 10.0. The van der Waals surface area contributed by atoms with E-state index in [0.29, 0.717) is 12.8 Å². The quantitative estimate of drug-likeness (QED) is 0.363. The van der Waals surface area contributed by atoms with Gasteiger partial charge in [0.15, 0.2) is 6.04 Å². The van der Waals surface area contributed by atoms with Gasteiger partial charge in [0.25, 0.3) is 0 Å². The van der Waals surface area contributed by atoms with Crippen molar-refractivity contribution in [1.29, 1.82) is 0 Å². The molecule has 0 aliphatic carbocycles. The number of hydroxylamine groups is 3. The van der Waals surface area contributed by atoms with Crippen LogP contribution in [-0.4, -0.2) is 21.4 Å². The van der Waals surface area contributed by atoms with Crippen LogP contribution < -0.4 is 0 Å². The Hall–Kier alpha value is -0.160. The highest BCUT2D eigenvalue weighted by Crippen LogP contribution is 2.17. The SMILES string of the molecule is CCCCCCC(CCC)[N+]([O-])(O)O. The van der Waals surface area contributed by atoms with Crippen molar-refractivity contribution in [2.45, 2.75) is 64.8 Å². The van der Waals surface area contributed by atoms with Crippen LogP contribution in [0.15, 0.2) is 0 Å². The molecule has 0 heterocycles. The van der Waals surface area contributed by atoms with Gasteiger partial charge < -0.3 is 5.21 Å². The second kappa shape index (κ2) is 7.17. The predicted octanol–water partition coefficient (Wildman–Crippen LogP) is 3.22. The van der Waals surface area contributed by atoms with Crippen LogP contribution in [0, 0.1) is 5.21 Å². The molecule has 4 nitrogen and oxygen atoms in total. The molecule has 0 spiro atoms. The molecule has 0 rings (SSSR count). The molecule has 0 aromatic rings. The molecule has 0 amide bonds. The third-order valence-corrected chi connectivity index (χ3v) is 2.49. The number of rotatable bonds is 8. The highest BCUT2D eigenvalue weighted by molar-refractivity contribution is 4.56. The monoisotopic (exact) mass is 205 g/mol. The number of hydrogen-bond donors (Lipinski definition) is 2. The van der Waals surface area contributed by atoms with Crippen molar-refractivity contribution >= 4 is 0 Å². The van der Waals surface area contributed by atoms with Crippen molar-refractivity contribution in [3.63, 3.8) is 0 Å². The van der Waals surface area contributed by atoms with E-state index in [2.05, 4.69) is 6.92 Å². The highest BCUT2D eigenvalue weighted by atomic mass is 17.1. The zero-order valence-electron chi connectivity index (χ0n) is 9.28. The molecule has 0 saturated heterocycles. The number of unbranched alkanes of at least 4 members (excludes halogenated alkanes) is 3. The summed E-state index contributed by atoms with van der Waals surface area (Å²) in [5.41, 5.74) is 0. The van der Waals surface area contributed by atoms with Crippen LogP contribution in [0.25, 0.3) is 0 Å². The molecule has 0 radical (unpaired) electrons. The lowest BCUT2D eigenvalue weighted by molar-refractivity contribution is -1.23. The standard InChI is InChI=1S/C10H23NO3/c1-3-5-6-7-9-10(8-4-2)11(12,13)14/h10,12-13H,3-9H2,1-2H3. The first-order chi connectivity index (χ1) is 6.52. The summed E-state index contributed by atoms with van der Waals surface area (Å²) in [5.74, 6) is 0. The van der Waals surface area contributed by atoms with Crippen LogP contribution >= 0.6 is 0 Å². The summed E-state index contributed by atoms with van der Waals surface area (Å²) in [6.07, 6.45) is 6.25. The summed E-state index contributed by atoms with van der Waals surface area (Å²) in [5, 5.41) is 28.7. The van der Waals surface area contributed by atoms with E-state index in [0.717, 1.165) is 32.1 Å². The molecule has 0 aromatic carbocycles. The van der Waals surface area contributed by atoms with Gasteiger partial charge in [-0.05, 0) is 6.42 Å². The highest BCUT2D eigenvalue weighted by Gasteiger charge is 2.24. The van der Waals surface area contributed by atoms with E-state index in [9.17, 15) is 5.21 Å². The molecule has 0 aromatic heterocycles. The fraction of sp³-hybridized carbons (Fsp3) is 1.00. The number of hydrogen-bond acceptors (Lipinski definition) is 3. The Morgan fingerprint density at radius 2 is 1.64 bits per heavy atom. The fourth-order valence-electron chi connectivity index (χ4n) is 1.62. The maximum Gasteiger partial charge on any atom is 0.152 e. The second-order valence-corrected chi connectivity index (χ2v) is 3.88. The average Bonchev–Trinajstić information content (AvgIpc) is 2.08. The van der Waals surface area contributed by atoms with Gasteiger partial charge in [-0.1, -0.05) is 44.5 Å². The van der Waals surface area contributed by atoms with Crippen molar-refractivity contribution in [3.8, 4) is 0 Å². The van der Waals surface area contributed by atoms with Crippen LogP contribution in [-0.2, 0) is 0 Å². The van der Waals surface area contributed by atoms with Gasteiger partial charge in [0.05, 0.1) is 0 Å². The van der Waals surface area contributed by atoms with E-state index in [1.807, 2.05) is 6.92 Å². The molecule has 4 heteroatoms. The van der Waals surface area contributed by atoms with Gasteiger partial charge in [-0.15, -0.1) is 0 Å². The summed E-state index contributed by atoms with van der Waals surface area (Å²) < 4.78 is 0. The van der Waals surface area contributed by atoms with E-state index in [1.54, 1.807) is 0 Å². The fourth-order valence-corrected chi connectivity index (χ4v) is 1.62. The Labute approximate surface area is 86.2 Å². The molecular formula is C10H23NO3. The predicted molar refractivity (Wildman–Crippen MR) is 54.7 cm³/mol. The van der Waals surface area contributed by atoms with Crippen molar-refractivity contribution in [1.82, 2.24) is 0 Å². The summed E-state index contributed by atoms with van der Waals surface area (Å²) >= 11 is 0. The smallest absolute Gasteiger partial charge is 0.152 e. The number of quaternary nitrogens is 1. The summed E-state index contributed by atoms with van der Waals surface area (Å²) in [4.78, 5) is -2.11. The number of nitrogens with zero attached hydrogens (tertiary/aromatic N) is 1. The summed E-state index contributed by atoms with van der Waals surface area (Å²) in [6, 6.07) is -0.572. The van der Waals surface area contributed by atoms with Crippen molar-refractivity contribution in [3.05, 3.63) is 5.21 Å².